The largest absolute Gasteiger partial charge is 0.439 e. The van der Waals surface area contributed by atoms with Gasteiger partial charge in [0.15, 0.2) is 0 Å². The lowest BCUT2D eigenvalue weighted by Gasteiger charge is -2.10. The molecule has 1 heterocycles. The molecule has 1 saturated carbocycles. The van der Waals surface area contributed by atoms with Gasteiger partial charge in [-0.15, -0.1) is 0 Å². The van der Waals surface area contributed by atoms with Gasteiger partial charge in [-0.1, -0.05) is 6.92 Å². The molecule has 1 aliphatic rings. The van der Waals surface area contributed by atoms with Gasteiger partial charge in [0, 0.05) is 17.7 Å². The Bertz CT molecular complexity index is 664. The van der Waals surface area contributed by atoms with Crippen molar-refractivity contribution < 1.29 is 17.9 Å². The second-order valence-electron chi connectivity index (χ2n) is 5.31. The van der Waals surface area contributed by atoms with E-state index in [-0.39, 0.29) is 0 Å². The van der Waals surface area contributed by atoms with Gasteiger partial charge in [-0.2, -0.15) is 18.2 Å². The Kier molecular flexibility index (Phi) is 3.76. The average molecular weight is 308 g/mol. The van der Waals surface area contributed by atoms with Crippen LogP contribution in [0.5, 0.6) is 11.6 Å². The summed E-state index contributed by atoms with van der Waals surface area (Å²) >= 11 is 0. The van der Waals surface area contributed by atoms with Crippen LogP contribution in [0.3, 0.4) is 0 Å². The number of aromatic nitrogens is 2. The molecule has 6 heteroatoms. The third-order valence-corrected chi connectivity index (χ3v) is 3.48. The van der Waals surface area contributed by atoms with Gasteiger partial charge < -0.3 is 4.74 Å². The minimum absolute atomic E-state index is 0.329. The monoisotopic (exact) mass is 308 g/mol. The van der Waals surface area contributed by atoms with Gasteiger partial charge in [-0.05, 0) is 43.5 Å². The highest BCUT2D eigenvalue weighted by atomic mass is 19.4. The maximum atomic E-state index is 12.5. The van der Waals surface area contributed by atoms with E-state index in [0.29, 0.717) is 17.5 Å². The van der Waals surface area contributed by atoms with Crippen molar-refractivity contribution in [1.82, 2.24) is 9.97 Å². The van der Waals surface area contributed by atoms with Crippen LogP contribution in [0.1, 0.15) is 42.8 Å². The number of benzene rings is 1. The van der Waals surface area contributed by atoms with E-state index in [1.165, 1.54) is 12.1 Å². The van der Waals surface area contributed by atoms with Crippen LogP contribution in [-0.4, -0.2) is 9.97 Å². The summed E-state index contributed by atoms with van der Waals surface area (Å²) in [5, 5.41) is 0. The standard InChI is InChI=1S/C16H15F3N2O/c1-2-12-9-14(21-15(20-12)10-3-4-10)22-13-7-5-11(6-8-13)16(17,18)19/h5-10H,2-4H2,1H3. The lowest BCUT2D eigenvalue weighted by Crippen LogP contribution is -2.04. The molecule has 0 amide bonds. The molecule has 1 aliphatic carbocycles. The maximum Gasteiger partial charge on any atom is 0.416 e. The number of halogens is 3. The zero-order chi connectivity index (χ0) is 15.7. The van der Waals surface area contributed by atoms with Gasteiger partial charge in [0.2, 0.25) is 5.88 Å². The van der Waals surface area contributed by atoms with E-state index < -0.39 is 11.7 Å². The Morgan fingerprint density at radius 1 is 1.14 bits per heavy atom. The summed E-state index contributed by atoms with van der Waals surface area (Å²) in [5.74, 6) is 1.87. The van der Waals surface area contributed by atoms with Crippen molar-refractivity contribution in [3.8, 4) is 11.6 Å². The summed E-state index contributed by atoms with van der Waals surface area (Å²) in [5.41, 5.74) is 0.175. The third kappa shape index (κ3) is 3.37. The lowest BCUT2D eigenvalue weighted by atomic mass is 10.2. The highest BCUT2D eigenvalue weighted by Crippen LogP contribution is 2.39. The van der Waals surface area contributed by atoms with E-state index in [0.717, 1.165) is 42.9 Å². The second kappa shape index (κ2) is 5.59. The predicted octanol–water partition coefficient (Wildman–Crippen LogP) is 4.73. The normalized spacial score (nSPS) is 14.9. The van der Waals surface area contributed by atoms with E-state index in [1.807, 2.05) is 6.92 Å². The highest BCUT2D eigenvalue weighted by Gasteiger charge is 2.30. The highest BCUT2D eigenvalue weighted by molar-refractivity contribution is 5.32. The molecule has 0 aliphatic heterocycles. The summed E-state index contributed by atoms with van der Waals surface area (Å²) in [6.07, 6.45) is -1.44. The fourth-order valence-electron chi connectivity index (χ4n) is 2.08. The molecule has 0 atom stereocenters. The molecule has 0 unspecified atom stereocenters. The van der Waals surface area contributed by atoms with Crippen molar-refractivity contribution in [2.75, 3.05) is 0 Å². The first-order chi connectivity index (χ1) is 10.5. The summed E-state index contributed by atoms with van der Waals surface area (Å²) in [6, 6.07) is 6.32. The van der Waals surface area contributed by atoms with Gasteiger partial charge in [0.05, 0.1) is 5.56 Å². The van der Waals surface area contributed by atoms with Crippen molar-refractivity contribution in [2.45, 2.75) is 38.3 Å². The summed E-state index contributed by atoms with van der Waals surface area (Å²) in [7, 11) is 0. The fourth-order valence-corrected chi connectivity index (χ4v) is 2.08. The number of nitrogens with zero attached hydrogens (tertiary/aromatic N) is 2. The van der Waals surface area contributed by atoms with Crippen LogP contribution < -0.4 is 4.74 Å². The quantitative estimate of drug-likeness (QED) is 0.819. The van der Waals surface area contributed by atoms with E-state index >= 15 is 0 Å². The van der Waals surface area contributed by atoms with E-state index in [4.69, 9.17) is 4.74 Å². The van der Waals surface area contributed by atoms with Crippen LogP contribution in [0.25, 0.3) is 0 Å². The lowest BCUT2D eigenvalue weighted by molar-refractivity contribution is -0.137. The maximum absolute atomic E-state index is 12.5. The average Bonchev–Trinajstić information content (AvgIpc) is 3.31. The number of hydrogen-bond acceptors (Lipinski definition) is 3. The minimum Gasteiger partial charge on any atom is -0.439 e. The molecule has 116 valence electrons. The van der Waals surface area contributed by atoms with Crippen LogP contribution in [-0.2, 0) is 12.6 Å². The van der Waals surface area contributed by atoms with E-state index in [1.54, 1.807) is 6.07 Å². The van der Waals surface area contributed by atoms with Crippen LogP contribution in [0, 0.1) is 0 Å². The number of rotatable bonds is 4. The Labute approximate surface area is 126 Å². The molecule has 2 aromatic rings. The first-order valence-corrected chi connectivity index (χ1v) is 7.18. The van der Waals surface area contributed by atoms with Gasteiger partial charge in [0.1, 0.15) is 11.6 Å². The number of alkyl halides is 3. The van der Waals surface area contributed by atoms with Crippen LogP contribution in [0.2, 0.25) is 0 Å². The molecular weight excluding hydrogens is 293 g/mol. The summed E-state index contributed by atoms with van der Waals surface area (Å²) < 4.78 is 43.2. The van der Waals surface area contributed by atoms with Crippen LogP contribution in [0.4, 0.5) is 13.2 Å². The molecular formula is C16H15F3N2O. The van der Waals surface area contributed by atoms with Crippen molar-refractivity contribution in [3.63, 3.8) is 0 Å². The zero-order valence-corrected chi connectivity index (χ0v) is 12.0. The number of aryl methyl sites for hydroxylation is 1. The molecule has 1 fully saturated rings. The first-order valence-electron chi connectivity index (χ1n) is 7.18. The van der Waals surface area contributed by atoms with Gasteiger partial charge in [-0.3, -0.25) is 0 Å². The molecule has 0 saturated heterocycles. The summed E-state index contributed by atoms with van der Waals surface area (Å²) in [6.45, 7) is 1.99. The molecule has 0 spiro atoms. The molecule has 3 rings (SSSR count). The van der Waals surface area contributed by atoms with Gasteiger partial charge in [0.25, 0.3) is 0 Å². The smallest absolute Gasteiger partial charge is 0.416 e. The molecule has 3 nitrogen and oxygen atoms in total. The molecule has 22 heavy (non-hydrogen) atoms. The van der Waals surface area contributed by atoms with Crippen molar-refractivity contribution in [1.29, 1.82) is 0 Å². The molecule has 1 aromatic carbocycles. The first kappa shape index (κ1) is 14.8. The van der Waals surface area contributed by atoms with E-state index in [2.05, 4.69) is 9.97 Å². The topological polar surface area (TPSA) is 35.0 Å². The van der Waals surface area contributed by atoms with Crippen LogP contribution in [0.15, 0.2) is 30.3 Å². The Balaban J connectivity index is 1.81. The molecule has 0 radical (unpaired) electrons. The second-order valence-corrected chi connectivity index (χ2v) is 5.31. The fraction of sp³-hybridized carbons (Fsp3) is 0.375. The SMILES string of the molecule is CCc1cc(Oc2ccc(C(F)(F)F)cc2)nc(C2CC2)n1. The Hall–Kier alpha value is -2.11. The van der Waals surface area contributed by atoms with Crippen molar-refractivity contribution in [3.05, 3.63) is 47.4 Å². The summed E-state index contributed by atoms with van der Waals surface area (Å²) in [4.78, 5) is 8.82. The van der Waals surface area contributed by atoms with Gasteiger partial charge >= 0.3 is 6.18 Å². The number of hydrogen-bond donors (Lipinski definition) is 0. The van der Waals surface area contributed by atoms with Crippen molar-refractivity contribution in [2.24, 2.45) is 0 Å². The van der Waals surface area contributed by atoms with E-state index in [9.17, 15) is 13.2 Å². The third-order valence-electron chi connectivity index (χ3n) is 3.48. The van der Waals surface area contributed by atoms with Crippen LogP contribution >= 0.6 is 0 Å². The molecule has 1 aromatic heterocycles. The predicted molar refractivity (Wildman–Crippen MR) is 74.9 cm³/mol. The molecule has 0 N–H and O–H groups in total. The van der Waals surface area contributed by atoms with Crippen molar-refractivity contribution >= 4 is 0 Å². The number of ether oxygens (including phenoxy) is 1. The Morgan fingerprint density at radius 3 is 2.36 bits per heavy atom. The molecule has 0 bridgehead atoms. The van der Waals surface area contributed by atoms with Gasteiger partial charge in [-0.25, -0.2) is 4.98 Å². The minimum atomic E-state index is -4.35. The Morgan fingerprint density at radius 2 is 1.82 bits per heavy atom. The zero-order valence-electron chi connectivity index (χ0n) is 12.0.